The molecule has 2 aliphatic rings. The molecule has 1 aromatic rings. The molecule has 1 atom stereocenters. The maximum Gasteiger partial charge on any atom is 0.101 e. The van der Waals surface area contributed by atoms with Gasteiger partial charge in [0.15, 0.2) is 0 Å². The van der Waals surface area contributed by atoms with Gasteiger partial charge in [0.25, 0.3) is 0 Å². The summed E-state index contributed by atoms with van der Waals surface area (Å²) in [6, 6.07) is 0. The first-order chi connectivity index (χ1) is 7.84. The van der Waals surface area contributed by atoms with Crippen LogP contribution in [0.15, 0.2) is 0 Å². The second-order valence-corrected chi connectivity index (χ2v) is 5.94. The van der Waals surface area contributed by atoms with Crippen LogP contribution in [0.4, 0.5) is 0 Å². The van der Waals surface area contributed by atoms with Crippen LogP contribution in [0.1, 0.15) is 46.9 Å². The van der Waals surface area contributed by atoms with E-state index in [1.807, 2.05) is 11.3 Å². The van der Waals surface area contributed by atoms with Crippen LogP contribution in [0.5, 0.6) is 0 Å². The van der Waals surface area contributed by atoms with E-state index in [0.717, 1.165) is 26.1 Å². The van der Waals surface area contributed by atoms with Crippen LogP contribution in [0.25, 0.3) is 0 Å². The molecule has 2 aliphatic heterocycles. The van der Waals surface area contributed by atoms with Crippen molar-refractivity contribution in [1.29, 1.82) is 0 Å². The number of nitrogens with zero attached hydrogens (tertiary/aromatic N) is 1. The third-order valence-electron chi connectivity index (χ3n) is 3.46. The highest BCUT2D eigenvalue weighted by atomic mass is 32.1. The van der Waals surface area contributed by atoms with Crippen molar-refractivity contribution in [1.82, 2.24) is 10.3 Å². The van der Waals surface area contributed by atoms with Crippen molar-refractivity contribution < 1.29 is 4.74 Å². The fourth-order valence-corrected chi connectivity index (χ4v) is 3.40. The van der Waals surface area contributed by atoms with Crippen molar-refractivity contribution >= 4 is 11.3 Å². The van der Waals surface area contributed by atoms with Crippen molar-refractivity contribution in [2.24, 2.45) is 0 Å². The molecule has 88 valence electrons. The van der Waals surface area contributed by atoms with E-state index >= 15 is 0 Å². The Kier molecular flexibility index (Phi) is 2.96. The van der Waals surface area contributed by atoms with Gasteiger partial charge >= 0.3 is 0 Å². The zero-order chi connectivity index (χ0) is 11.0. The Bertz CT molecular complexity index is 367. The lowest BCUT2D eigenvalue weighted by Gasteiger charge is -2.25. The topological polar surface area (TPSA) is 34.2 Å². The summed E-state index contributed by atoms with van der Waals surface area (Å²) >= 11 is 1.86. The number of rotatable bonds is 2. The van der Waals surface area contributed by atoms with Crippen LogP contribution < -0.4 is 5.32 Å². The van der Waals surface area contributed by atoms with Crippen LogP contribution in [0.2, 0.25) is 0 Å². The average Bonchev–Trinajstić information content (AvgIpc) is 2.59. The van der Waals surface area contributed by atoms with Gasteiger partial charge in [-0.3, -0.25) is 0 Å². The maximum atomic E-state index is 5.82. The van der Waals surface area contributed by atoms with E-state index < -0.39 is 0 Å². The number of aromatic nitrogens is 1. The highest BCUT2D eigenvalue weighted by molar-refractivity contribution is 7.11. The number of nitrogens with one attached hydrogen (secondary N) is 1. The molecule has 2 saturated heterocycles. The van der Waals surface area contributed by atoms with Crippen LogP contribution in [-0.4, -0.2) is 24.7 Å². The Hall–Kier alpha value is -0.450. The SMILES string of the molecule is Cc1sc(C2CNC2)nc1C1CCCCO1. The molecule has 3 rings (SSSR count). The molecule has 0 aliphatic carbocycles. The summed E-state index contributed by atoms with van der Waals surface area (Å²) in [5.41, 5.74) is 1.21. The Morgan fingerprint density at radius 2 is 2.25 bits per heavy atom. The van der Waals surface area contributed by atoms with Crippen molar-refractivity contribution in [3.05, 3.63) is 15.6 Å². The van der Waals surface area contributed by atoms with Gasteiger partial charge in [-0.15, -0.1) is 11.3 Å². The Morgan fingerprint density at radius 3 is 2.88 bits per heavy atom. The monoisotopic (exact) mass is 238 g/mol. The number of aryl methyl sites for hydroxylation is 1. The van der Waals surface area contributed by atoms with E-state index in [4.69, 9.17) is 9.72 Å². The molecular formula is C12H18N2OS. The van der Waals surface area contributed by atoms with E-state index in [-0.39, 0.29) is 6.10 Å². The van der Waals surface area contributed by atoms with Gasteiger partial charge in [0.05, 0.1) is 10.7 Å². The lowest BCUT2D eigenvalue weighted by molar-refractivity contribution is 0.0122. The fraction of sp³-hybridized carbons (Fsp3) is 0.750. The first-order valence-electron chi connectivity index (χ1n) is 6.14. The van der Waals surface area contributed by atoms with Crippen LogP contribution in [0.3, 0.4) is 0 Å². The number of hydrogen-bond acceptors (Lipinski definition) is 4. The first kappa shape index (κ1) is 10.7. The van der Waals surface area contributed by atoms with E-state index in [2.05, 4.69) is 12.2 Å². The minimum absolute atomic E-state index is 0.270. The van der Waals surface area contributed by atoms with Gasteiger partial charge in [-0.2, -0.15) is 0 Å². The van der Waals surface area contributed by atoms with Crippen LogP contribution in [0, 0.1) is 6.92 Å². The van der Waals surface area contributed by atoms with Crippen molar-refractivity contribution in [2.45, 2.75) is 38.2 Å². The summed E-state index contributed by atoms with van der Waals surface area (Å²) in [7, 11) is 0. The zero-order valence-electron chi connectivity index (χ0n) is 9.66. The molecule has 0 amide bonds. The van der Waals surface area contributed by atoms with Gasteiger partial charge in [0, 0.05) is 30.5 Å². The lowest BCUT2D eigenvalue weighted by Crippen LogP contribution is -2.39. The molecule has 2 fully saturated rings. The molecule has 0 spiro atoms. The quantitative estimate of drug-likeness (QED) is 0.859. The smallest absolute Gasteiger partial charge is 0.101 e. The van der Waals surface area contributed by atoms with Crippen molar-refractivity contribution in [3.8, 4) is 0 Å². The van der Waals surface area contributed by atoms with Crippen molar-refractivity contribution in [3.63, 3.8) is 0 Å². The van der Waals surface area contributed by atoms with Crippen LogP contribution >= 0.6 is 11.3 Å². The molecule has 3 nitrogen and oxygen atoms in total. The molecule has 0 bridgehead atoms. The first-order valence-corrected chi connectivity index (χ1v) is 6.96. The molecule has 1 N–H and O–H groups in total. The standard InChI is InChI=1S/C12H18N2OS/c1-8-11(10-4-2-3-5-15-10)14-12(16-8)9-6-13-7-9/h9-10,13H,2-7H2,1H3. The number of thiazole rings is 1. The molecule has 1 unspecified atom stereocenters. The highest BCUT2D eigenvalue weighted by Gasteiger charge is 2.27. The predicted octanol–water partition coefficient (Wildman–Crippen LogP) is 2.38. The third-order valence-corrected chi connectivity index (χ3v) is 4.61. The third kappa shape index (κ3) is 1.90. The van der Waals surface area contributed by atoms with E-state index in [9.17, 15) is 0 Å². The molecule has 1 aromatic heterocycles. The zero-order valence-corrected chi connectivity index (χ0v) is 10.5. The number of ether oxygens (including phenoxy) is 1. The molecule has 0 aromatic carbocycles. The number of hydrogen-bond donors (Lipinski definition) is 1. The molecule has 4 heteroatoms. The van der Waals surface area contributed by atoms with Gasteiger partial charge in [-0.25, -0.2) is 4.98 Å². The van der Waals surface area contributed by atoms with Gasteiger partial charge in [0.1, 0.15) is 6.10 Å². The Morgan fingerprint density at radius 1 is 1.38 bits per heavy atom. The lowest BCUT2D eigenvalue weighted by atomic mass is 10.0. The second-order valence-electron chi connectivity index (χ2n) is 4.70. The second kappa shape index (κ2) is 4.43. The van der Waals surface area contributed by atoms with Gasteiger partial charge < -0.3 is 10.1 Å². The van der Waals surface area contributed by atoms with Crippen molar-refractivity contribution in [2.75, 3.05) is 19.7 Å². The fourth-order valence-electron chi connectivity index (χ4n) is 2.32. The average molecular weight is 238 g/mol. The molecule has 0 saturated carbocycles. The van der Waals surface area contributed by atoms with Gasteiger partial charge in [0.2, 0.25) is 0 Å². The van der Waals surface area contributed by atoms with E-state index in [0.29, 0.717) is 5.92 Å². The molecule has 3 heterocycles. The highest BCUT2D eigenvalue weighted by Crippen LogP contribution is 2.34. The predicted molar refractivity (Wildman–Crippen MR) is 65.0 cm³/mol. The molecule has 0 radical (unpaired) electrons. The van der Waals surface area contributed by atoms with Crippen LogP contribution in [-0.2, 0) is 4.74 Å². The molecule has 16 heavy (non-hydrogen) atoms. The largest absolute Gasteiger partial charge is 0.372 e. The van der Waals surface area contributed by atoms with Gasteiger partial charge in [-0.05, 0) is 26.2 Å². The molecular weight excluding hydrogens is 220 g/mol. The van der Waals surface area contributed by atoms with E-state index in [1.165, 1.54) is 28.4 Å². The Labute approximate surface area is 100 Å². The maximum absolute atomic E-state index is 5.82. The summed E-state index contributed by atoms with van der Waals surface area (Å²) < 4.78 is 5.82. The summed E-state index contributed by atoms with van der Waals surface area (Å²) in [5.74, 6) is 0.654. The summed E-state index contributed by atoms with van der Waals surface area (Å²) in [6.07, 6.45) is 3.90. The summed E-state index contributed by atoms with van der Waals surface area (Å²) in [5, 5.41) is 4.61. The summed E-state index contributed by atoms with van der Waals surface area (Å²) in [6.45, 7) is 5.28. The Balaban J connectivity index is 1.79. The van der Waals surface area contributed by atoms with Gasteiger partial charge in [-0.1, -0.05) is 0 Å². The minimum Gasteiger partial charge on any atom is -0.372 e. The normalized spacial score (nSPS) is 26.7. The minimum atomic E-state index is 0.270. The summed E-state index contributed by atoms with van der Waals surface area (Å²) in [4.78, 5) is 6.16. The van der Waals surface area contributed by atoms with E-state index in [1.54, 1.807) is 0 Å².